The Hall–Kier alpha value is -2.38. The topological polar surface area (TPSA) is 75.7 Å². The summed E-state index contributed by atoms with van der Waals surface area (Å²) in [5.74, 6) is 0.516. The van der Waals surface area contributed by atoms with E-state index < -0.39 is 10.0 Å². The van der Waals surface area contributed by atoms with Gasteiger partial charge in [0.1, 0.15) is 5.75 Å². The van der Waals surface area contributed by atoms with Gasteiger partial charge in [-0.15, -0.1) is 0 Å². The molecule has 4 rings (SSSR count). The molecule has 0 aromatic heterocycles. The lowest BCUT2D eigenvalue weighted by Gasteiger charge is -2.27. The first-order valence-corrected chi connectivity index (χ1v) is 11.5. The molecular weight excluding hydrogens is 388 g/mol. The van der Waals surface area contributed by atoms with Gasteiger partial charge in [-0.1, -0.05) is 30.7 Å². The summed E-state index contributed by atoms with van der Waals surface area (Å²) in [5, 5.41) is 3.06. The van der Waals surface area contributed by atoms with Crippen LogP contribution in [0.5, 0.6) is 5.75 Å². The summed E-state index contributed by atoms with van der Waals surface area (Å²) in [5.41, 5.74) is 2.09. The number of para-hydroxylation sites is 1. The third-order valence-corrected chi connectivity index (χ3v) is 7.56. The number of carbonyl (C=O) groups is 1. The van der Waals surface area contributed by atoms with Crippen LogP contribution in [-0.2, 0) is 10.0 Å². The van der Waals surface area contributed by atoms with E-state index in [9.17, 15) is 13.2 Å². The van der Waals surface area contributed by atoms with Crippen LogP contribution in [-0.4, -0.2) is 38.3 Å². The second-order valence-corrected chi connectivity index (χ2v) is 9.58. The summed E-state index contributed by atoms with van der Waals surface area (Å²) >= 11 is 0. The van der Waals surface area contributed by atoms with E-state index in [1.165, 1.54) is 10.4 Å². The van der Waals surface area contributed by atoms with Crippen LogP contribution in [0.25, 0.3) is 0 Å². The fourth-order valence-corrected chi connectivity index (χ4v) is 5.53. The smallest absolute Gasteiger partial charge is 0.252 e. The largest absolute Gasteiger partial charge is 0.493 e. The van der Waals surface area contributed by atoms with Crippen molar-refractivity contribution in [3.8, 4) is 5.75 Å². The number of piperidine rings is 1. The van der Waals surface area contributed by atoms with Crippen molar-refractivity contribution in [1.29, 1.82) is 0 Å². The van der Waals surface area contributed by atoms with Crippen molar-refractivity contribution >= 4 is 15.9 Å². The number of ether oxygens (including phenoxy) is 1. The van der Waals surface area contributed by atoms with Crippen LogP contribution < -0.4 is 10.1 Å². The lowest BCUT2D eigenvalue weighted by molar-refractivity contribution is 0.0924. The predicted octanol–water partition coefficient (Wildman–Crippen LogP) is 3.42. The van der Waals surface area contributed by atoms with Gasteiger partial charge in [0.05, 0.1) is 17.5 Å². The zero-order valence-electron chi connectivity index (χ0n) is 16.6. The summed E-state index contributed by atoms with van der Waals surface area (Å²) in [7, 11) is -3.58. The lowest BCUT2D eigenvalue weighted by atomic mass is 9.99. The SMILES string of the molecule is Cc1ccc(S(=O)(=O)N2CCCCC2)cc1C(=O)N[C@@H]1CCOc2ccccc21. The van der Waals surface area contributed by atoms with Crippen LogP contribution in [0.3, 0.4) is 0 Å². The Labute approximate surface area is 171 Å². The van der Waals surface area contributed by atoms with E-state index in [2.05, 4.69) is 5.32 Å². The number of carbonyl (C=O) groups excluding carboxylic acids is 1. The van der Waals surface area contributed by atoms with Crippen molar-refractivity contribution < 1.29 is 17.9 Å². The number of fused-ring (bicyclic) bond motifs is 1. The molecule has 0 bridgehead atoms. The molecule has 1 N–H and O–H groups in total. The van der Waals surface area contributed by atoms with Gasteiger partial charge in [-0.25, -0.2) is 8.42 Å². The Morgan fingerprint density at radius 1 is 1.10 bits per heavy atom. The Kier molecular flexibility index (Phi) is 5.61. The minimum absolute atomic E-state index is 0.158. The Bertz CT molecular complexity index is 1010. The molecule has 2 aromatic rings. The van der Waals surface area contributed by atoms with Gasteiger partial charge in [0.15, 0.2) is 0 Å². The molecule has 0 radical (unpaired) electrons. The molecular formula is C22H26N2O4S. The molecule has 7 heteroatoms. The fourth-order valence-electron chi connectivity index (χ4n) is 3.99. The molecule has 0 saturated carbocycles. The highest BCUT2D eigenvalue weighted by Gasteiger charge is 2.28. The van der Waals surface area contributed by atoms with E-state index in [-0.39, 0.29) is 16.8 Å². The molecule has 6 nitrogen and oxygen atoms in total. The first kappa shape index (κ1) is 19.9. The van der Waals surface area contributed by atoms with Crippen molar-refractivity contribution in [3.63, 3.8) is 0 Å². The summed E-state index contributed by atoms with van der Waals surface area (Å²) in [6, 6.07) is 12.3. The average Bonchev–Trinajstić information content (AvgIpc) is 2.75. The summed E-state index contributed by atoms with van der Waals surface area (Å²) in [6.07, 6.45) is 3.48. The number of sulfonamides is 1. The van der Waals surface area contributed by atoms with Crippen molar-refractivity contribution in [2.75, 3.05) is 19.7 Å². The Morgan fingerprint density at radius 2 is 1.86 bits per heavy atom. The van der Waals surface area contributed by atoms with Crippen LogP contribution in [0.15, 0.2) is 47.4 Å². The quantitative estimate of drug-likeness (QED) is 0.832. The molecule has 2 heterocycles. The van der Waals surface area contributed by atoms with Gasteiger partial charge in [-0.3, -0.25) is 4.79 Å². The predicted molar refractivity (Wildman–Crippen MR) is 111 cm³/mol. The van der Waals surface area contributed by atoms with Crippen LogP contribution >= 0.6 is 0 Å². The van der Waals surface area contributed by atoms with Gasteiger partial charge in [-0.2, -0.15) is 4.31 Å². The molecule has 2 aliphatic heterocycles. The maximum atomic E-state index is 13.0. The standard InChI is InChI=1S/C22H26N2O4S/c1-16-9-10-17(29(26,27)24-12-5-2-6-13-24)15-19(16)22(25)23-20-11-14-28-21-8-4-3-7-18(20)21/h3-4,7-10,15,20H,2,5-6,11-14H2,1H3,(H,23,25)/t20-/m1/s1. The van der Waals surface area contributed by atoms with Crippen LogP contribution in [0, 0.1) is 6.92 Å². The minimum atomic E-state index is -3.58. The molecule has 1 fully saturated rings. The summed E-state index contributed by atoms with van der Waals surface area (Å²) < 4.78 is 33.2. The number of benzene rings is 2. The molecule has 29 heavy (non-hydrogen) atoms. The van der Waals surface area contributed by atoms with Gasteiger partial charge in [0.2, 0.25) is 10.0 Å². The van der Waals surface area contributed by atoms with E-state index >= 15 is 0 Å². The number of hydrogen-bond acceptors (Lipinski definition) is 4. The van der Waals surface area contributed by atoms with Gasteiger partial charge < -0.3 is 10.1 Å². The zero-order valence-corrected chi connectivity index (χ0v) is 17.4. The number of amides is 1. The lowest BCUT2D eigenvalue weighted by Crippen LogP contribution is -2.36. The maximum absolute atomic E-state index is 13.0. The molecule has 1 atom stereocenters. The molecule has 0 unspecified atom stereocenters. The molecule has 1 amide bonds. The first-order valence-electron chi connectivity index (χ1n) is 10.1. The molecule has 0 spiro atoms. The zero-order chi connectivity index (χ0) is 20.4. The molecule has 154 valence electrons. The van der Waals surface area contributed by atoms with Gasteiger partial charge in [0, 0.05) is 30.6 Å². The van der Waals surface area contributed by atoms with Gasteiger partial charge >= 0.3 is 0 Å². The fraction of sp³-hybridized carbons (Fsp3) is 0.409. The number of nitrogens with one attached hydrogen (secondary N) is 1. The Morgan fingerprint density at radius 3 is 2.66 bits per heavy atom. The number of hydrogen-bond donors (Lipinski definition) is 1. The number of rotatable bonds is 4. The minimum Gasteiger partial charge on any atom is -0.493 e. The molecule has 2 aromatic carbocycles. The van der Waals surface area contributed by atoms with Crippen molar-refractivity contribution in [1.82, 2.24) is 9.62 Å². The monoisotopic (exact) mass is 414 g/mol. The van der Waals surface area contributed by atoms with E-state index in [4.69, 9.17) is 4.74 Å². The van der Waals surface area contributed by atoms with Crippen molar-refractivity contribution in [2.45, 2.75) is 43.5 Å². The van der Waals surface area contributed by atoms with Gasteiger partial charge in [-0.05, 0) is 43.5 Å². The second-order valence-electron chi connectivity index (χ2n) is 7.64. The normalized spacial score (nSPS) is 19.8. The second kappa shape index (κ2) is 8.16. The van der Waals surface area contributed by atoms with Gasteiger partial charge in [0.25, 0.3) is 5.91 Å². The third-order valence-electron chi connectivity index (χ3n) is 5.67. The number of aryl methyl sites for hydroxylation is 1. The highest BCUT2D eigenvalue weighted by Crippen LogP contribution is 2.32. The maximum Gasteiger partial charge on any atom is 0.252 e. The van der Waals surface area contributed by atoms with Crippen molar-refractivity contribution in [3.05, 3.63) is 59.2 Å². The van der Waals surface area contributed by atoms with E-state index in [1.807, 2.05) is 31.2 Å². The van der Waals surface area contributed by atoms with E-state index in [0.29, 0.717) is 31.7 Å². The average molecular weight is 415 g/mol. The van der Waals surface area contributed by atoms with Crippen molar-refractivity contribution in [2.24, 2.45) is 0 Å². The summed E-state index contributed by atoms with van der Waals surface area (Å²) in [6.45, 7) is 3.43. The first-order chi connectivity index (χ1) is 14.0. The van der Waals surface area contributed by atoms with Crippen LogP contribution in [0.1, 0.15) is 53.2 Å². The molecule has 2 aliphatic rings. The Balaban J connectivity index is 1.59. The van der Waals surface area contributed by atoms with Crippen LogP contribution in [0.4, 0.5) is 0 Å². The molecule has 0 aliphatic carbocycles. The number of nitrogens with zero attached hydrogens (tertiary/aromatic N) is 1. The molecule has 1 saturated heterocycles. The van der Waals surface area contributed by atoms with E-state index in [1.54, 1.807) is 12.1 Å². The van der Waals surface area contributed by atoms with Crippen LogP contribution in [0.2, 0.25) is 0 Å². The van der Waals surface area contributed by atoms with E-state index in [0.717, 1.165) is 36.1 Å². The highest BCUT2D eigenvalue weighted by atomic mass is 32.2. The summed E-state index contributed by atoms with van der Waals surface area (Å²) in [4.78, 5) is 13.2. The highest BCUT2D eigenvalue weighted by molar-refractivity contribution is 7.89. The third kappa shape index (κ3) is 4.02.